The summed E-state index contributed by atoms with van der Waals surface area (Å²) in [4.78, 5) is 4.30. The topological polar surface area (TPSA) is 38.9 Å². The van der Waals surface area contributed by atoms with Gasteiger partial charge in [-0.2, -0.15) is 0 Å². The van der Waals surface area contributed by atoms with Crippen molar-refractivity contribution in [1.82, 2.24) is 4.98 Å². The van der Waals surface area contributed by atoms with Gasteiger partial charge in [0.1, 0.15) is 5.03 Å². The molecule has 0 amide bonds. The number of anilines is 1. The van der Waals surface area contributed by atoms with Gasteiger partial charge in [0, 0.05) is 11.9 Å². The Balaban J connectivity index is 1.72. The minimum atomic E-state index is 0.767. The highest BCUT2D eigenvalue weighted by Gasteiger charge is 2.11. The number of hydrogen-bond acceptors (Lipinski definition) is 3. The maximum atomic E-state index is 5.89. The van der Waals surface area contributed by atoms with Crippen LogP contribution in [0.2, 0.25) is 0 Å². The molecule has 1 aliphatic carbocycles. The van der Waals surface area contributed by atoms with Crippen LogP contribution in [0.15, 0.2) is 41.6 Å². The van der Waals surface area contributed by atoms with Gasteiger partial charge in [-0.15, -0.1) is 0 Å². The summed E-state index contributed by atoms with van der Waals surface area (Å²) in [6.07, 6.45) is 5.58. The molecule has 2 N–H and O–H groups in total. The first kappa shape index (κ1) is 11.6. The smallest absolute Gasteiger partial charge is 0.119 e. The van der Waals surface area contributed by atoms with E-state index < -0.39 is 0 Å². The Labute approximate surface area is 112 Å². The lowest BCUT2D eigenvalue weighted by Gasteiger charge is -2.06. The molecule has 1 heterocycles. The average Bonchev–Trinajstić information content (AvgIpc) is 2.85. The van der Waals surface area contributed by atoms with Gasteiger partial charge in [0.15, 0.2) is 0 Å². The second kappa shape index (κ2) is 5.02. The van der Waals surface area contributed by atoms with Crippen molar-refractivity contribution >= 4 is 17.4 Å². The molecule has 1 aliphatic rings. The fourth-order valence-corrected chi connectivity index (χ4v) is 3.24. The first-order valence-electron chi connectivity index (χ1n) is 6.27. The summed E-state index contributed by atoms with van der Waals surface area (Å²) in [5.41, 5.74) is 11.1. The third-order valence-corrected chi connectivity index (χ3v) is 4.43. The Hall–Kier alpha value is -1.48. The molecule has 0 unspecified atom stereocenters. The van der Waals surface area contributed by atoms with Crippen LogP contribution in [0, 0.1) is 0 Å². The predicted molar refractivity (Wildman–Crippen MR) is 76.7 cm³/mol. The number of fused-ring (bicyclic) bond motifs is 1. The first-order valence-corrected chi connectivity index (χ1v) is 7.25. The summed E-state index contributed by atoms with van der Waals surface area (Å²) in [6, 6.07) is 10.6. The Morgan fingerprint density at radius 3 is 2.94 bits per heavy atom. The van der Waals surface area contributed by atoms with Crippen LogP contribution in [0.1, 0.15) is 23.1 Å². The first-order chi connectivity index (χ1) is 8.83. The summed E-state index contributed by atoms with van der Waals surface area (Å²) in [7, 11) is 0. The van der Waals surface area contributed by atoms with Crippen LogP contribution < -0.4 is 5.73 Å². The third kappa shape index (κ3) is 2.36. The van der Waals surface area contributed by atoms with Gasteiger partial charge < -0.3 is 5.73 Å². The Morgan fingerprint density at radius 2 is 2.06 bits per heavy atom. The van der Waals surface area contributed by atoms with E-state index in [1.807, 2.05) is 12.1 Å². The van der Waals surface area contributed by atoms with E-state index in [2.05, 4.69) is 23.2 Å². The number of nitrogen functional groups attached to an aromatic ring is 1. The fourth-order valence-electron chi connectivity index (χ4n) is 2.39. The summed E-state index contributed by atoms with van der Waals surface area (Å²) in [5.74, 6) is 0.939. The van der Waals surface area contributed by atoms with Crippen molar-refractivity contribution in [3.63, 3.8) is 0 Å². The molecule has 0 fully saturated rings. The minimum Gasteiger partial charge on any atom is -0.397 e. The van der Waals surface area contributed by atoms with Gasteiger partial charge in [-0.1, -0.05) is 30.0 Å². The zero-order valence-electron chi connectivity index (χ0n) is 10.2. The number of aromatic nitrogens is 1. The molecule has 0 saturated carbocycles. The maximum Gasteiger partial charge on any atom is 0.119 e. The largest absolute Gasteiger partial charge is 0.397 e. The molecule has 1 aromatic heterocycles. The van der Waals surface area contributed by atoms with E-state index in [4.69, 9.17) is 5.73 Å². The standard InChI is InChI=1S/C15H16N2S/c16-14-5-2-8-17-15(14)18-10-11-6-7-12-3-1-4-13(12)9-11/h2,5-9H,1,3-4,10,16H2. The molecule has 0 radical (unpaired) electrons. The predicted octanol–water partition coefficient (Wildman–Crippen LogP) is 3.44. The normalized spacial score (nSPS) is 13.6. The summed E-state index contributed by atoms with van der Waals surface area (Å²) >= 11 is 1.71. The molecule has 0 atom stereocenters. The average molecular weight is 256 g/mol. The van der Waals surface area contributed by atoms with Gasteiger partial charge in [-0.25, -0.2) is 4.98 Å². The van der Waals surface area contributed by atoms with Gasteiger partial charge in [0.05, 0.1) is 5.69 Å². The number of nitrogens with two attached hydrogens (primary N) is 1. The molecule has 0 saturated heterocycles. The third-order valence-electron chi connectivity index (χ3n) is 3.34. The van der Waals surface area contributed by atoms with Gasteiger partial charge in [-0.05, 0) is 48.1 Å². The van der Waals surface area contributed by atoms with Gasteiger partial charge in [0.2, 0.25) is 0 Å². The fraction of sp³-hybridized carbons (Fsp3) is 0.267. The highest BCUT2D eigenvalue weighted by molar-refractivity contribution is 7.98. The van der Waals surface area contributed by atoms with Gasteiger partial charge >= 0.3 is 0 Å². The molecule has 0 spiro atoms. The molecule has 3 heteroatoms. The van der Waals surface area contributed by atoms with Crippen LogP contribution in [-0.2, 0) is 18.6 Å². The summed E-state index contributed by atoms with van der Waals surface area (Å²) < 4.78 is 0. The Bertz CT molecular complexity index is 566. The van der Waals surface area contributed by atoms with Crippen LogP contribution in [0.25, 0.3) is 0 Å². The second-order valence-electron chi connectivity index (χ2n) is 4.64. The lowest BCUT2D eigenvalue weighted by molar-refractivity contribution is 0.911. The molecule has 0 aliphatic heterocycles. The van der Waals surface area contributed by atoms with Crippen molar-refractivity contribution in [3.8, 4) is 0 Å². The number of rotatable bonds is 3. The SMILES string of the molecule is Nc1cccnc1SCc1ccc2c(c1)CCC2. The van der Waals surface area contributed by atoms with Crippen LogP contribution in [0.4, 0.5) is 5.69 Å². The minimum absolute atomic E-state index is 0.767. The molecule has 1 aromatic carbocycles. The molecule has 3 rings (SSSR count). The highest BCUT2D eigenvalue weighted by Crippen LogP contribution is 2.28. The molecule has 0 bridgehead atoms. The molecule has 2 nitrogen and oxygen atoms in total. The Morgan fingerprint density at radius 1 is 1.17 bits per heavy atom. The van der Waals surface area contributed by atoms with E-state index in [9.17, 15) is 0 Å². The number of pyridine rings is 1. The molecule has 92 valence electrons. The van der Waals surface area contributed by atoms with Crippen molar-refractivity contribution in [2.45, 2.75) is 30.0 Å². The van der Waals surface area contributed by atoms with Crippen molar-refractivity contribution in [1.29, 1.82) is 0 Å². The van der Waals surface area contributed by atoms with Gasteiger partial charge in [0.25, 0.3) is 0 Å². The van der Waals surface area contributed by atoms with E-state index in [0.29, 0.717) is 0 Å². The zero-order chi connectivity index (χ0) is 12.4. The van der Waals surface area contributed by atoms with Crippen molar-refractivity contribution in [3.05, 3.63) is 53.2 Å². The number of nitrogens with zero attached hydrogens (tertiary/aromatic N) is 1. The molecule has 18 heavy (non-hydrogen) atoms. The van der Waals surface area contributed by atoms with E-state index in [0.717, 1.165) is 16.5 Å². The number of thioether (sulfide) groups is 1. The quantitative estimate of drug-likeness (QED) is 0.855. The second-order valence-corrected chi connectivity index (χ2v) is 5.61. The van der Waals surface area contributed by atoms with Crippen molar-refractivity contribution < 1.29 is 0 Å². The lowest BCUT2D eigenvalue weighted by atomic mass is 10.1. The number of benzene rings is 1. The van der Waals surface area contributed by atoms with Gasteiger partial charge in [-0.3, -0.25) is 0 Å². The van der Waals surface area contributed by atoms with Crippen LogP contribution in [0.3, 0.4) is 0 Å². The number of aryl methyl sites for hydroxylation is 2. The van der Waals surface area contributed by atoms with Crippen LogP contribution in [0.5, 0.6) is 0 Å². The molecular formula is C15H16N2S. The monoisotopic (exact) mass is 256 g/mol. The van der Waals surface area contributed by atoms with E-state index in [1.54, 1.807) is 18.0 Å². The van der Waals surface area contributed by atoms with E-state index in [1.165, 1.54) is 36.0 Å². The number of hydrogen-bond donors (Lipinski definition) is 1. The van der Waals surface area contributed by atoms with Crippen molar-refractivity contribution in [2.75, 3.05) is 5.73 Å². The zero-order valence-corrected chi connectivity index (χ0v) is 11.0. The lowest BCUT2D eigenvalue weighted by Crippen LogP contribution is -1.92. The van der Waals surface area contributed by atoms with Crippen LogP contribution in [-0.4, -0.2) is 4.98 Å². The van der Waals surface area contributed by atoms with E-state index in [-0.39, 0.29) is 0 Å². The maximum absolute atomic E-state index is 5.89. The van der Waals surface area contributed by atoms with Crippen LogP contribution >= 0.6 is 11.8 Å². The molecule has 2 aromatic rings. The molecular weight excluding hydrogens is 240 g/mol. The highest BCUT2D eigenvalue weighted by atomic mass is 32.2. The van der Waals surface area contributed by atoms with Crippen molar-refractivity contribution in [2.24, 2.45) is 0 Å². The van der Waals surface area contributed by atoms with E-state index >= 15 is 0 Å². The Kier molecular flexibility index (Phi) is 3.24. The summed E-state index contributed by atoms with van der Waals surface area (Å²) in [5, 5.41) is 0.929. The summed E-state index contributed by atoms with van der Waals surface area (Å²) in [6.45, 7) is 0.